The van der Waals surface area contributed by atoms with Crippen molar-refractivity contribution in [2.45, 2.75) is 26.3 Å². The average molecular weight is 285 g/mol. The third-order valence-electron chi connectivity index (χ3n) is 3.47. The molecule has 0 spiro atoms. The highest BCUT2D eigenvalue weighted by Crippen LogP contribution is 2.11. The second-order valence-electron chi connectivity index (χ2n) is 4.98. The predicted octanol–water partition coefficient (Wildman–Crippen LogP) is 2.49. The maximum atomic E-state index is 12.4. The second kappa shape index (κ2) is 5.44. The van der Waals surface area contributed by atoms with E-state index in [9.17, 15) is 9.59 Å². The Kier molecular flexibility index (Phi) is 3.48. The van der Waals surface area contributed by atoms with Gasteiger partial charge in [-0.15, -0.1) is 0 Å². The number of nitrogens with zero attached hydrogens (tertiary/aromatic N) is 1. The molecule has 0 aliphatic rings. The maximum absolute atomic E-state index is 12.4. The number of pyridine rings is 1. The van der Waals surface area contributed by atoms with Crippen LogP contribution in [0.5, 0.6) is 0 Å². The fraction of sp³-hybridized carbons (Fsp3) is 0.250. The zero-order valence-electron chi connectivity index (χ0n) is 11.7. The summed E-state index contributed by atoms with van der Waals surface area (Å²) in [5.41, 5.74) is 0.419. The first-order valence-corrected chi connectivity index (χ1v) is 6.81. The Hall–Kier alpha value is -2.56. The summed E-state index contributed by atoms with van der Waals surface area (Å²) in [6.45, 7) is 2.34. The molecule has 0 saturated heterocycles. The van der Waals surface area contributed by atoms with E-state index < -0.39 is 5.63 Å². The van der Waals surface area contributed by atoms with Crippen molar-refractivity contribution in [1.82, 2.24) is 4.57 Å². The van der Waals surface area contributed by atoms with Crippen LogP contribution in [0.15, 0.2) is 55.1 Å². The summed E-state index contributed by atoms with van der Waals surface area (Å²) in [6, 6.07) is 6.78. The number of aryl methyl sites for hydroxylation is 3. The standard InChI is InChI=1S/C16H15NO4/c1-11-10-14(18)21-13-6-8-17(16(19)15(11)13)7-2-4-12-5-3-9-20-12/h3,5-6,8-10H,2,4,7H2,1H3. The van der Waals surface area contributed by atoms with Crippen LogP contribution in [0.1, 0.15) is 17.7 Å². The van der Waals surface area contributed by atoms with E-state index in [0.717, 1.165) is 18.6 Å². The Bertz CT molecular complexity index is 871. The minimum Gasteiger partial charge on any atom is -0.469 e. The summed E-state index contributed by atoms with van der Waals surface area (Å²) < 4.78 is 12.0. The number of hydrogen-bond donors (Lipinski definition) is 0. The summed E-state index contributed by atoms with van der Waals surface area (Å²) >= 11 is 0. The van der Waals surface area contributed by atoms with Gasteiger partial charge in [0.1, 0.15) is 11.3 Å². The topological polar surface area (TPSA) is 65.3 Å². The molecule has 0 radical (unpaired) electrons. The normalized spacial score (nSPS) is 11.1. The molecule has 0 unspecified atom stereocenters. The Morgan fingerprint density at radius 2 is 2.10 bits per heavy atom. The lowest BCUT2D eigenvalue weighted by atomic mass is 10.2. The van der Waals surface area contributed by atoms with E-state index in [1.807, 2.05) is 12.1 Å². The molecule has 0 aliphatic heterocycles. The van der Waals surface area contributed by atoms with Crippen molar-refractivity contribution in [2.75, 3.05) is 0 Å². The smallest absolute Gasteiger partial charge is 0.336 e. The molecule has 108 valence electrons. The SMILES string of the molecule is Cc1cc(=O)oc2ccn(CCCc3ccco3)c(=O)c12. The van der Waals surface area contributed by atoms with Crippen LogP contribution in [0.2, 0.25) is 0 Å². The molecule has 3 aromatic rings. The second-order valence-corrected chi connectivity index (χ2v) is 4.98. The van der Waals surface area contributed by atoms with E-state index in [-0.39, 0.29) is 5.56 Å². The molecular formula is C16H15NO4. The van der Waals surface area contributed by atoms with Gasteiger partial charge in [-0.2, -0.15) is 0 Å². The van der Waals surface area contributed by atoms with Crippen LogP contribution < -0.4 is 11.2 Å². The summed E-state index contributed by atoms with van der Waals surface area (Å²) in [5.74, 6) is 0.908. The van der Waals surface area contributed by atoms with Gasteiger partial charge in [0.2, 0.25) is 0 Å². The van der Waals surface area contributed by atoms with Crippen molar-refractivity contribution in [1.29, 1.82) is 0 Å². The Labute approximate surface area is 120 Å². The lowest BCUT2D eigenvalue weighted by molar-refractivity contribution is 0.488. The monoisotopic (exact) mass is 285 g/mol. The summed E-state index contributed by atoms with van der Waals surface area (Å²) in [7, 11) is 0. The molecule has 0 aliphatic carbocycles. The summed E-state index contributed by atoms with van der Waals surface area (Å²) in [4.78, 5) is 23.7. The number of rotatable bonds is 4. The third-order valence-corrected chi connectivity index (χ3v) is 3.47. The average Bonchev–Trinajstić information content (AvgIpc) is 2.94. The predicted molar refractivity (Wildman–Crippen MR) is 78.5 cm³/mol. The Morgan fingerprint density at radius 3 is 2.86 bits per heavy atom. The first-order valence-electron chi connectivity index (χ1n) is 6.81. The molecule has 3 aromatic heterocycles. The van der Waals surface area contributed by atoms with Crippen LogP contribution in [-0.2, 0) is 13.0 Å². The molecule has 0 amide bonds. The summed E-state index contributed by atoms with van der Waals surface area (Å²) in [5, 5.41) is 0.468. The van der Waals surface area contributed by atoms with Crippen molar-refractivity contribution in [3.63, 3.8) is 0 Å². The van der Waals surface area contributed by atoms with E-state index in [4.69, 9.17) is 8.83 Å². The minimum absolute atomic E-state index is 0.131. The number of furan rings is 1. The van der Waals surface area contributed by atoms with Gasteiger partial charge in [0.15, 0.2) is 0 Å². The number of hydrogen-bond acceptors (Lipinski definition) is 4. The minimum atomic E-state index is -0.435. The fourth-order valence-corrected chi connectivity index (χ4v) is 2.45. The van der Waals surface area contributed by atoms with Gasteiger partial charge < -0.3 is 13.4 Å². The molecule has 5 heteroatoms. The van der Waals surface area contributed by atoms with Crippen molar-refractivity contribution in [2.24, 2.45) is 0 Å². The van der Waals surface area contributed by atoms with Crippen LogP contribution in [0.4, 0.5) is 0 Å². The van der Waals surface area contributed by atoms with Crippen molar-refractivity contribution in [3.05, 3.63) is 68.8 Å². The highest BCUT2D eigenvalue weighted by atomic mass is 16.4. The van der Waals surface area contributed by atoms with Crippen LogP contribution in [0.3, 0.4) is 0 Å². The number of aromatic nitrogens is 1. The van der Waals surface area contributed by atoms with Crippen LogP contribution in [0, 0.1) is 6.92 Å². The Balaban J connectivity index is 1.88. The highest BCUT2D eigenvalue weighted by molar-refractivity contribution is 5.78. The largest absolute Gasteiger partial charge is 0.469 e. The molecule has 0 fully saturated rings. The molecule has 21 heavy (non-hydrogen) atoms. The van der Waals surface area contributed by atoms with Gasteiger partial charge >= 0.3 is 5.63 Å². The van der Waals surface area contributed by atoms with Crippen LogP contribution in [-0.4, -0.2) is 4.57 Å². The van der Waals surface area contributed by atoms with Gasteiger partial charge in [-0.1, -0.05) is 0 Å². The molecule has 0 N–H and O–H groups in total. The van der Waals surface area contributed by atoms with Gasteiger partial charge in [-0.25, -0.2) is 4.79 Å². The van der Waals surface area contributed by atoms with Gasteiger partial charge in [0.05, 0.1) is 11.6 Å². The molecule has 0 aromatic carbocycles. The molecule has 5 nitrogen and oxygen atoms in total. The molecule has 3 rings (SSSR count). The first kappa shape index (κ1) is 13.4. The zero-order chi connectivity index (χ0) is 14.8. The van der Waals surface area contributed by atoms with Gasteiger partial charge in [0.25, 0.3) is 5.56 Å². The lowest BCUT2D eigenvalue weighted by Crippen LogP contribution is -2.21. The molecular weight excluding hydrogens is 270 g/mol. The van der Waals surface area contributed by atoms with Gasteiger partial charge in [0, 0.05) is 25.2 Å². The molecule has 0 saturated carbocycles. The van der Waals surface area contributed by atoms with Gasteiger partial charge in [-0.05, 0) is 37.1 Å². The van der Waals surface area contributed by atoms with Crippen LogP contribution >= 0.6 is 0 Å². The van der Waals surface area contributed by atoms with E-state index in [2.05, 4.69) is 0 Å². The summed E-state index contributed by atoms with van der Waals surface area (Å²) in [6.07, 6.45) is 4.88. The quantitative estimate of drug-likeness (QED) is 0.738. The van der Waals surface area contributed by atoms with Crippen molar-refractivity contribution in [3.8, 4) is 0 Å². The molecule has 3 heterocycles. The number of fused-ring (bicyclic) bond motifs is 1. The maximum Gasteiger partial charge on any atom is 0.336 e. The molecule has 0 atom stereocenters. The van der Waals surface area contributed by atoms with E-state index >= 15 is 0 Å². The van der Waals surface area contributed by atoms with E-state index in [1.165, 1.54) is 6.07 Å². The Morgan fingerprint density at radius 1 is 1.24 bits per heavy atom. The fourth-order valence-electron chi connectivity index (χ4n) is 2.45. The van der Waals surface area contributed by atoms with Crippen molar-refractivity contribution < 1.29 is 8.83 Å². The third kappa shape index (κ3) is 2.67. The van der Waals surface area contributed by atoms with Crippen molar-refractivity contribution >= 4 is 11.0 Å². The van der Waals surface area contributed by atoms with Crippen LogP contribution in [0.25, 0.3) is 11.0 Å². The first-order chi connectivity index (χ1) is 10.1. The zero-order valence-corrected chi connectivity index (χ0v) is 11.7. The van der Waals surface area contributed by atoms with E-state index in [1.54, 1.807) is 30.0 Å². The van der Waals surface area contributed by atoms with E-state index in [0.29, 0.717) is 23.1 Å². The molecule has 0 bridgehead atoms. The highest BCUT2D eigenvalue weighted by Gasteiger charge is 2.08. The lowest BCUT2D eigenvalue weighted by Gasteiger charge is -2.07. The van der Waals surface area contributed by atoms with Gasteiger partial charge in [-0.3, -0.25) is 4.79 Å².